The van der Waals surface area contributed by atoms with E-state index in [9.17, 15) is 4.79 Å². The van der Waals surface area contributed by atoms with Gasteiger partial charge < -0.3 is 9.73 Å². The number of nitrogens with one attached hydrogen (secondary N) is 1. The molecule has 1 heterocycles. The number of oxazole rings is 1. The molecule has 0 spiro atoms. The zero-order valence-corrected chi connectivity index (χ0v) is 9.70. The van der Waals surface area contributed by atoms with Gasteiger partial charge in [-0.1, -0.05) is 27.7 Å². The second-order valence-electron chi connectivity index (χ2n) is 4.33. The van der Waals surface area contributed by atoms with Crippen LogP contribution in [0.5, 0.6) is 0 Å². The maximum absolute atomic E-state index is 11.7. The average molecular weight is 210 g/mol. The van der Waals surface area contributed by atoms with Crippen LogP contribution < -0.4 is 5.32 Å². The largest absolute Gasteiger partial charge is 0.438 e. The van der Waals surface area contributed by atoms with Crippen molar-refractivity contribution in [2.45, 2.75) is 33.6 Å². The molecule has 0 fully saturated rings. The quantitative estimate of drug-likeness (QED) is 0.828. The highest BCUT2D eigenvalue weighted by atomic mass is 16.3. The molecule has 4 nitrogen and oxygen atoms in total. The lowest BCUT2D eigenvalue weighted by atomic mass is 10.1. The van der Waals surface area contributed by atoms with Crippen LogP contribution in [0.4, 0.5) is 0 Å². The van der Waals surface area contributed by atoms with E-state index in [2.05, 4.69) is 10.3 Å². The van der Waals surface area contributed by atoms with Crippen molar-refractivity contribution in [1.82, 2.24) is 10.3 Å². The Bertz CT molecular complexity index is 329. The van der Waals surface area contributed by atoms with Gasteiger partial charge in [0, 0.05) is 6.54 Å². The van der Waals surface area contributed by atoms with Crippen molar-refractivity contribution in [2.24, 2.45) is 5.92 Å². The summed E-state index contributed by atoms with van der Waals surface area (Å²) in [7, 11) is 0. The number of nitrogens with zero attached hydrogens (tertiary/aromatic N) is 1. The normalized spacial score (nSPS) is 11.1. The van der Waals surface area contributed by atoms with Crippen molar-refractivity contribution < 1.29 is 9.21 Å². The lowest BCUT2D eigenvalue weighted by molar-refractivity contribution is 0.0919. The van der Waals surface area contributed by atoms with Crippen molar-refractivity contribution >= 4 is 5.91 Å². The summed E-state index contributed by atoms with van der Waals surface area (Å²) in [6.45, 7) is 8.71. The molecule has 1 amide bonds. The molecule has 1 aromatic heterocycles. The second-order valence-corrected chi connectivity index (χ2v) is 4.33. The van der Waals surface area contributed by atoms with Crippen molar-refractivity contribution in [1.29, 1.82) is 0 Å². The number of rotatable bonds is 4. The van der Waals surface area contributed by atoms with E-state index in [1.165, 1.54) is 6.39 Å². The smallest absolute Gasteiger partial charge is 0.289 e. The number of hydrogen-bond donors (Lipinski definition) is 1. The first-order valence-electron chi connectivity index (χ1n) is 5.24. The topological polar surface area (TPSA) is 55.1 Å². The molecular formula is C11H18N2O2. The SMILES string of the molecule is CC(C)CNC(=O)c1ocnc1C(C)C. The van der Waals surface area contributed by atoms with Gasteiger partial charge in [-0.2, -0.15) is 0 Å². The zero-order valence-electron chi connectivity index (χ0n) is 9.70. The number of carbonyl (C=O) groups is 1. The summed E-state index contributed by atoms with van der Waals surface area (Å²) in [5.41, 5.74) is 0.719. The molecule has 0 aliphatic rings. The number of aromatic nitrogens is 1. The van der Waals surface area contributed by atoms with Crippen LogP contribution in [-0.4, -0.2) is 17.4 Å². The van der Waals surface area contributed by atoms with Gasteiger partial charge in [0.25, 0.3) is 5.91 Å². The Morgan fingerprint density at radius 2 is 2.13 bits per heavy atom. The Morgan fingerprint density at radius 1 is 1.47 bits per heavy atom. The summed E-state index contributed by atoms with van der Waals surface area (Å²) in [4.78, 5) is 15.7. The Labute approximate surface area is 90.1 Å². The van der Waals surface area contributed by atoms with E-state index in [0.717, 1.165) is 5.69 Å². The Morgan fingerprint density at radius 3 is 2.67 bits per heavy atom. The van der Waals surface area contributed by atoms with Crippen molar-refractivity contribution in [2.75, 3.05) is 6.54 Å². The molecule has 0 aliphatic heterocycles. The fourth-order valence-electron chi connectivity index (χ4n) is 1.21. The fraction of sp³-hybridized carbons (Fsp3) is 0.636. The van der Waals surface area contributed by atoms with Crippen LogP contribution in [0.2, 0.25) is 0 Å². The highest BCUT2D eigenvalue weighted by Gasteiger charge is 2.18. The van der Waals surface area contributed by atoms with Gasteiger partial charge in [-0.3, -0.25) is 4.79 Å². The Kier molecular flexibility index (Phi) is 3.88. The molecule has 0 saturated heterocycles. The highest BCUT2D eigenvalue weighted by molar-refractivity contribution is 5.92. The van der Waals surface area contributed by atoms with E-state index in [-0.39, 0.29) is 11.8 Å². The molecule has 84 valence electrons. The van der Waals surface area contributed by atoms with Crippen LogP contribution in [0.3, 0.4) is 0 Å². The summed E-state index contributed by atoms with van der Waals surface area (Å²) < 4.78 is 5.10. The van der Waals surface area contributed by atoms with Crippen LogP contribution in [0.1, 0.15) is 49.9 Å². The minimum Gasteiger partial charge on any atom is -0.438 e. The summed E-state index contributed by atoms with van der Waals surface area (Å²) in [5.74, 6) is 0.790. The summed E-state index contributed by atoms with van der Waals surface area (Å²) in [5, 5.41) is 2.81. The minimum absolute atomic E-state index is 0.176. The fourth-order valence-corrected chi connectivity index (χ4v) is 1.21. The summed E-state index contributed by atoms with van der Waals surface area (Å²) in [6.07, 6.45) is 1.32. The number of hydrogen-bond acceptors (Lipinski definition) is 3. The van der Waals surface area contributed by atoms with Gasteiger partial charge in [0.15, 0.2) is 6.39 Å². The van der Waals surface area contributed by atoms with E-state index in [4.69, 9.17) is 4.42 Å². The molecule has 4 heteroatoms. The predicted octanol–water partition coefficient (Wildman–Crippen LogP) is 2.18. The average Bonchev–Trinajstić information content (AvgIpc) is 2.62. The maximum Gasteiger partial charge on any atom is 0.289 e. The predicted molar refractivity (Wildman–Crippen MR) is 57.8 cm³/mol. The minimum atomic E-state index is -0.176. The van der Waals surface area contributed by atoms with E-state index < -0.39 is 0 Å². The van der Waals surface area contributed by atoms with Gasteiger partial charge in [-0.25, -0.2) is 4.98 Å². The van der Waals surface area contributed by atoms with Crippen molar-refractivity contribution in [3.05, 3.63) is 17.8 Å². The van der Waals surface area contributed by atoms with Crippen LogP contribution in [0.25, 0.3) is 0 Å². The maximum atomic E-state index is 11.7. The van der Waals surface area contributed by atoms with E-state index in [1.54, 1.807) is 0 Å². The molecule has 1 aromatic rings. The lowest BCUT2D eigenvalue weighted by Crippen LogP contribution is -2.27. The molecule has 0 aromatic carbocycles. The molecule has 0 atom stereocenters. The standard InChI is InChI=1S/C11H18N2O2/c1-7(2)5-12-11(14)10-9(8(3)4)13-6-15-10/h6-8H,5H2,1-4H3,(H,12,14). The van der Waals surface area contributed by atoms with Crippen LogP contribution in [0.15, 0.2) is 10.8 Å². The van der Waals surface area contributed by atoms with Crippen LogP contribution in [0, 0.1) is 5.92 Å². The van der Waals surface area contributed by atoms with E-state index >= 15 is 0 Å². The molecule has 0 bridgehead atoms. The zero-order chi connectivity index (χ0) is 11.4. The van der Waals surface area contributed by atoms with Gasteiger partial charge in [0.05, 0.1) is 5.69 Å². The highest BCUT2D eigenvalue weighted by Crippen LogP contribution is 2.17. The van der Waals surface area contributed by atoms with E-state index in [0.29, 0.717) is 18.2 Å². The van der Waals surface area contributed by atoms with Gasteiger partial charge in [-0.05, 0) is 11.8 Å². The molecule has 0 aliphatic carbocycles. The molecule has 1 N–H and O–H groups in total. The molecular weight excluding hydrogens is 192 g/mol. The molecule has 15 heavy (non-hydrogen) atoms. The molecule has 0 unspecified atom stereocenters. The lowest BCUT2D eigenvalue weighted by Gasteiger charge is -2.07. The van der Waals surface area contributed by atoms with Crippen LogP contribution in [-0.2, 0) is 0 Å². The van der Waals surface area contributed by atoms with E-state index in [1.807, 2.05) is 27.7 Å². The third kappa shape index (κ3) is 3.08. The second kappa shape index (κ2) is 4.96. The molecule has 1 rings (SSSR count). The Balaban J connectivity index is 2.69. The van der Waals surface area contributed by atoms with Crippen molar-refractivity contribution in [3.8, 4) is 0 Å². The third-order valence-electron chi connectivity index (χ3n) is 2.02. The first kappa shape index (κ1) is 11.8. The summed E-state index contributed by atoms with van der Waals surface area (Å²) >= 11 is 0. The first-order chi connectivity index (χ1) is 7.02. The molecule has 0 radical (unpaired) electrons. The first-order valence-corrected chi connectivity index (χ1v) is 5.24. The van der Waals surface area contributed by atoms with Gasteiger partial charge in [0.1, 0.15) is 0 Å². The van der Waals surface area contributed by atoms with Crippen LogP contribution >= 0.6 is 0 Å². The Hall–Kier alpha value is -1.32. The van der Waals surface area contributed by atoms with Gasteiger partial charge in [-0.15, -0.1) is 0 Å². The monoisotopic (exact) mass is 210 g/mol. The van der Waals surface area contributed by atoms with Gasteiger partial charge >= 0.3 is 0 Å². The third-order valence-corrected chi connectivity index (χ3v) is 2.02. The summed E-state index contributed by atoms with van der Waals surface area (Å²) in [6, 6.07) is 0. The van der Waals surface area contributed by atoms with Crippen molar-refractivity contribution in [3.63, 3.8) is 0 Å². The molecule has 0 saturated carbocycles. The number of amides is 1. The van der Waals surface area contributed by atoms with Gasteiger partial charge in [0.2, 0.25) is 5.76 Å². The number of carbonyl (C=O) groups excluding carboxylic acids is 1.